The van der Waals surface area contributed by atoms with Gasteiger partial charge in [-0.15, -0.1) is 0 Å². The van der Waals surface area contributed by atoms with E-state index in [1.807, 2.05) is 30.3 Å². The molecule has 0 bridgehead atoms. The molecule has 0 heterocycles. The summed E-state index contributed by atoms with van der Waals surface area (Å²) in [6, 6.07) is 8.78. The first kappa shape index (κ1) is 17.3. The highest BCUT2D eigenvalue weighted by molar-refractivity contribution is 5.81. The van der Waals surface area contributed by atoms with Crippen LogP contribution in [0.1, 0.15) is 45.1 Å². The smallest absolute Gasteiger partial charge is 0.408 e. The first-order valence-corrected chi connectivity index (χ1v) is 8.16. The van der Waals surface area contributed by atoms with Gasteiger partial charge < -0.3 is 14.8 Å². The van der Waals surface area contributed by atoms with Gasteiger partial charge in [0.2, 0.25) is 0 Å². The van der Waals surface area contributed by atoms with Crippen LogP contribution < -0.4 is 5.32 Å². The number of carbonyl (C=O) groups excluding carboxylic acids is 2. The molecule has 1 aromatic rings. The molecule has 1 atom stereocenters. The third-order valence-electron chi connectivity index (χ3n) is 4.22. The van der Waals surface area contributed by atoms with E-state index in [9.17, 15) is 9.59 Å². The second-order valence-corrected chi connectivity index (χ2v) is 6.36. The molecule has 23 heavy (non-hydrogen) atoms. The lowest BCUT2D eigenvalue weighted by molar-refractivity contribution is -0.145. The lowest BCUT2D eigenvalue weighted by Crippen LogP contribution is -2.42. The molecule has 0 aliphatic heterocycles. The van der Waals surface area contributed by atoms with Crippen molar-refractivity contribution in [1.82, 2.24) is 5.32 Å². The molecular weight excluding hydrogens is 294 g/mol. The van der Waals surface area contributed by atoms with E-state index < -0.39 is 18.1 Å². The standard InChI is InChI=1S/C18H25NO4/c1-3-22-16(20)15(9-10-18(2)11-12-18)19-17(21)23-13-14-7-5-4-6-8-14/h4-8,15H,3,9-13H2,1-2H3,(H,19,21). The zero-order valence-corrected chi connectivity index (χ0v) is 13.8. The minimum atomic E-state index is -0.643. The van der Waals surface area contributed by atoms with Crippen molar-refractivity contribution in [2.45, 2.75) is 52.2 Å². The number of carbonyl (C=O) groups is 2. The largest absolute Gasteiger partial charge is 0.464 e. The first-order chi connectivity index (χ1) is 11.0. The summed E-state index contributed by atoms with van der Waals surface area (Å²) >= 11 is 0. The molecule has 0 aromatic heterocycles. The van der Waals surface area contributed by atoms with Gasteiger partial charge in [-0.3, -0.25) is 0 Å². The van der Waals surface area contributed by atoms with E-state index in [-0.39, 0.29) is 6.61 Å². The summed E-state index contributed by atoms with van der Waals surface area (Å²) in [5.74, 6) is -0.395. The summed E-state index contributed by atoms with van der Waals surface area (Å²) < 4.78 is 10.2. The molecule has 0 spiro atoms. The summed E-state index contributed by atoms with van der Waals surface area (Å²) in [7, 11) is 0. The van der Waals surface area contributed by atoms with E-state index in [0.29, 0.717) is 18.4 Å². The Morgan fingerprint density at radius 3 is 2.52 bits per heavy atom. The number of benzene rings is 1. The van der Waals surface area contributed by atoms with Gasteiger partial charge in [-0.1, -0.05) is 37.3 Å². The molecule has 126 valence electrons. The van der Waals surface area contributed by atoms with E-state index in [2.05, 4.69) is 12.2 Å². The lowest BCUT2D eigenvalue weighted by atomic mass is 9.99. The summed E-state index contributed by atoms with van der Waals surface area (Å²) in [5, 5.41) is 2.64. The first-order valence-electron chi connectivity index (χ1n) is 8.16. The molecule has 2 rings (SSSR count). The molecular formula is C18H25NO4. The van der Waals surface area contributed by atoms with E-state index in [0.717, 1.165) is 12.0 Å². The maximum absolute atomic E-state index is 12.0. The fourth-order valence-electron chi connectivity index (χ4n) is 2.36. The maximum atomic E-state index is 12.0. The van der Waals surface area contributed by atoms with Crippen LogP contribution in [-0.4, -0.2) is 24.7 Å². The Labute approximate surface area is 137 Å². The van der Waals surface area contributed by atoms with Crippen LogP contribution in [0.5, 0.6) is 0 Å². The number of alkyl carbamates (subject to hydrolysis) is 1. The second kappa shape index (κ2) is 7.99. The fraction of sp³-hybridized carbons (Fsp3) is 0.556. The van der Waals surface area contributed by atoms with Crippen molar-refractivity contribution in [3.63, 3.8) is 0 Å². The summed E-state index contributed by atoms with van der Waals surface area (Å²) in [6.07, 6.45) is 3.25. The number of esters is 1. The van der Waals surface area contributed by atoms with Gasteiger partial charge in [-0.05, 0) is 43.6 Å². The zero-order chi connectivity index (χ0) is 16.7. The van der Waals surface area contributed by atoms with Crippen molar-refractivity contribution in [1.29, 1.82) is 0 Å². The van der Waals surface area contributed by atoms with Gasteiger partial charge in [-0.2, -0.15) is 0 Å². The summed E-state index contributed by atoms with van der Waals surface area (Å²) in [6.45, 7) is 4.43. The highest BCUT2D eigenvalue weighted by atomic mass is 16.6. The molecule has 1 aliphatic carbocycles. The number of hydrogen-bond donors (Lipinski definition) is 1. The predicted molar refractivity (Wildman–Crippen MR) is 86.8 cm³/mol. The Balaban J connectivity index is 1.82. The Bertz CT molecular complexity index is 525. The highest BCUT2D eigenvalue weighted by Gasteiger charge is 2.38. The van der Waals surface area contributed by atoms with Gasteiger partial charge in [0.1, 0.15) is 12.6 Å². The van der Waals surface area contributed by atoms with Crippen LogP contribution in [0.4, 0.5) is 4.79 Å². The predicted octanol–water partition coefficient (Wildman–Crippen LogP) is 3.42. The third kappa shape index (κ3) is 5.93. The average molecular weight is 319 g/mol. The van der Waals surface area contributed by atoms with Crippen LogP contribution in [0.25, 0.3) is 0 Å². The van der Waals surface area contributed by atoms with Gasteiger partial charge in [0.05, 0.1) is 6.61 Å². The number of rotatable bonds is 8. The normalized spacial score (nSPS) is 16.3. The van der Waals surface area contributed by atoms with E-state index >= 15 is 0 Å². The molecule has 1 N–H and O–H groups in total. The average Bonchev–Trinajstić information content (AvgIpc) is 3.28. The van der Waals surface area contributed by atoms with Crippen molar-refractivity contribution in [3.05, 3.63) is 35.9 Å². The molecule has 1 aromatic carbocycles. The molecule has 0 radical (unpaired) electrons. The minimum absolute atomic E-state index is 0.180. The van der Waals surface area contributed by atoms with Crippen LogP contribution in [0, 0.1) is 5.41 Å². The van der Waals surface area contributed by atoms with Gasteiger partial charge in [0, 0.05) is 0 Å². The van der Waals surface area contributed by atoms with Crippen molar-refractivity contribution in [2.75, 3.05) is 6.61 Å². The van der Waals surface area contributed by atoms with Crippen molar-refractivity contribution >= 4 is 12.1 Å². The molecule has 1 unspecified atom stereocenters. The molecule has 0 saturated heterocycles. The fourth-order valence-corrected chi connectivity index (χ4v) is 2.36. The van der Waals surface area contributed by atoms with E-state index in [1.165, 1.54) is 12.8 Å². The van der Waals surface area contributed by atoms with Crippen molar-refractivity contribution in [2.24, 2.45) is 5.41 Å². The van der Waals surface area contributed by atoms with Gasteiger partial charge in [-0.25, -0.2) is 9.59 Å². The number of nitrogens with one attached hydrogen (secondary N) is 1. The summed E-state index contributed by atoms with van der Waals surface area (Å²) in [4.78, 5) is 23.9. The SMILES string of the molecule is CCOC(=O)C(CCC1(C)CC1)NC(=O)OCc1ccccc1. The van der Waals surface area contributed by atoms with E-state index in [4.69, 9.17) is 9.47 Å². The van der Waals surface area contributed by atoms with Crippen LogP contribution >= 0.6 is 0 Å². The van der Waals surface area contributed by atoms with Crippen molar-refractivity contribution < 1.29 is 19.1 Å². The van der Waals surface area contributed by atoms with Crippen LogP contribution in [0.15, 0.2) is 30.3 Å². The number of hydrogen-bond acceptors (Lipinski definition) is 4. The third-order valence-corrected chi connectivity index (χ3v) is 4.22. The minimum Gasteiger partial charge on any atom is -0.464 e. The van der Waals surface area contributed by atoms with Gasteiger partial charge in [0.25, 0.3) is 0 Å². The molecule has 5 nitrogen and oxygen atoms in total. The second-order valence-electron chi connectivity index (χ2n) is 6.36. The molecule has 1 aliphatic rings. The van der Waals surface area contributed by atoms with Crippen LogP contribution in [-0.2, 0) is 20.9 Å². The van der Waals surface area contributed by atoms with Gasteiger partial charge >= 0.3 is 12.1 Å². The molecule has 5 heteroatoms. The summed E-state index contributed by atoms with van der Waals surface area (Å²) in [5.41, 5.74) is 1.22. The van der Waals surface area contributed by atoms with E-state index in [1.54, 1.807) is 6.92 Å². The monoisotopic (exact) mass is 319 g/mol. The molecule has 1 saturated carbocycles. The Morgan fingerprint density at radius 1 is 1.22 bits per heavy atom. The quantitative estimate of drug-likeness (QED) is 0.746. The highest BCUT2D eigenvalue weighted by Crippen LogP contribution is 2.49. The van der Waals surface area contributed by atoms with Gasteiger partial charge in [0.15, 0.2) is 0 Å². The Kier molecular flexibility index (Phi) is 6.02. The number of amides is 1. The maximum Gasteiger partial charge on any atom is 0.408 e. The Hall–Kier alpha value is -2.04. The number of ether oxygens (including phenoxy) is 2. The topological polar surface area (TPSA) is 64.6 Å². The Morgan fingerprint density at radius 2 is 1.91 bits per heavy atom. The zero-order valence-electron chi connectivity index (χ0n) is 13.8. The molecule has 1 fully saturated rings. The van der Waals surface area contributed by atoms with Crippen LogP contribution in [0.2, 0.25) is 0 Å². The lowest BCUT2D eigenvalue weighted by Gasteiger charge is -2.18. The van der Waals surface area contributed by atoms with Crippen LogP contribution in [0.3, 0.4) is 0 Å². The molecule has 1 amide bonds. The van der Waals surface area contributed by atoms with Crippen molar-refractivity contribution in [3.8, 4) is 0 Å².